The molecule has 0 heterocycles. The van der Waals surface area contributed by atoms with Crippen LogP contribution in [-0.2, 0) is 16.3 Å². The standard InChI is InChI=1S/C4H5F6O3PS/c5-2(1-3(6,7)8)4(9,10)13-14(11,12)15/h2H,1H2,(H2,11,12,15). The van der Waals surface area contributed by atoms with Gasteiger partial charge in [-0.25, -0.2) is 8.91 Å². The summed E-state index contributed by atoms with van der Waals surface area (Å²) in [5.41, 5.74) is 0. The lowest BCUT2D eigenvalue weighted by molar-refractivity contribution is -0.250. The fourth-order valence-electron chi connectivity index (χ4n) is 0.538. The zero-order valence-electron chi connectivity index (χ0n) is 6.71. The molecule has 92 valence electrons. The van der Waals surface area contributed by atoms with Crippen LogP contribution in [0, 0.1) is 0 Å². The Labute approximate surface area is 84.9 Å². The molecular formula is C4H5F6O3PS. The minimum absolute atomic E-state index is 2.48. The van der Waals surface area contributed by atoms with Gasteiger partial charge in [-0.3, -0.25) is 0 Å². The van der Waals surface area contributed by atoms with Crippen molar-refractivity contribution in [1.82, 2.24) is 0 Å². The predicted molar refractivity (Wildman–Crippen MR) is 40.3 cm³/mol. The molecule has 1 unspecified atom stereocenters. The Bertz CT molecular complexity index is 262. The molecule has 1 atom stereocenters. The highest BCUT2D eigenvalue weighted by Gasteiger charge is 2.50. The second-order valence-corrected chi connectivity index (χ2v) is 5.02. The summed E-state index contributed by atoms with van der Waals surface area (Å²) in [5.74, 6) is 0. The Morgan fingerprint density at radius 2 is 1.60 bits per heavy atom. The number of hydrogen-bond acceptors (Lipinski definition) is 2. The molecule has 0 aromatic carbocycles. The largest absolute Gasteiger partial charge is 0.393 e. The molecule has 0 fully saturated rings. The van der Waals surface area contributed by atoms with Crippen molar-refractivity contribution in [3.05, 3.63) is 0 Å². The summed E-state index contributed by atoms with van der Waals surface area (Å²) in [6.07, 6.45) is -16.4. The van der Waals surface area contributed by atoms with Crippen molar-refractivity contribution in [3.63, 3.8) is 0 Å². The van der Waals surface area contributed by atoms with Crippen LogP contribution in [0.15, 0.2) is 0 Å². The highest BCUT2D eigenvalue weighted by Crippen LogP contribution is 2.46. The molecule has 0 aliphatic heterocycles. The van der Waals surface area contributed by atoms with E-state index < -0.39 is 31.6 Å². The van der Waals surface area contributed by atoms with Crippen LogP contribution in [0.1, 0.15) is 6.42 Å². The smallest absolute Gasteiger partial charge is 0.324 e. The van der Waals surface area contributed by atoms with Crippen molar-refractivity contribution in [2.24, 2.45) is 0 Å². The maximum Gasteiger partial charge on any atom is 0.393 e. The van der Waals surface area contributed by atoms with Gasteiger partial charge in [0.05, 0.1) is 6.42 Å². The molecular weight excluding hydrogens is 273 g/mol. The second-order valence-electron chi connectivity index (χ2n) is 2.43. The van der Waals surface area contributed by atoms with E-state index in [1.165, 1.54) is 0 Å². The maximum atomic E-state index is 12.4. The molecule has 0 amide bonds. The average Bonchev–Trinajstić information content (AvgIpc) is 1.75. The van der Waals surface area contributed by atoms with Gasteiger partial charge in [-0.1, -0.05) is 0 Å². The molecule has 0 bridgehead atoms. The Morgan fingerprint density at radius 3 is 1.87 bits per heavy atom. The number of rotatable bonds is 4. The molecule has 15 heavy (non-hydrogen) atoms. The van der Waals surface area contributed by atoms with Crippen LogP contribution < -0.4 is 0 Å². The molecule has 0 saturated heterocycles. The Balaban J connectivity index is 4.53. The minimum Gasteiger partial charge on any atom is -0.324 e. The monoisotopic (exact) mass is 278 g/mol. The minimum atomic E-state index is -5.17. The molecule has 11 heteroatoms. The van der Waals surface area contributed by atoms with Gasteiger partial charge < -0.3 is 9.79 Å². The molecule has 0 aromatic heterocycles. The van der Waals surface area contributed by atoms with Crippen LogP contribution >= 0.6 is 6.72 Å². The van der Waals surface area contributed by atoms with E-state index in [1.54, 1.807) is 0 Å². The summed E-state index contributed by atoms with van der Waals surface area (Å²) in [6.45, 7) is -4.93. The van der Waals surface area contributed by atoms with E-state index >= 15 is 0 Å². The molecule has 0 aliphatic carbocycles. The summed E-state index contributed by atoms with van der Waals surface area (Å²) < 4.78 is 74.6. The molecule has 3 nitrogen and oxygen atoms in total. The van der Waals surface area contributed by atoms with Gasteiger partial charge in [0.25, 0.3) is 0 Å². The zero-order valence-corrected chi connectivity index (χ0v) is 8.42. The third kappa shape index (κ3) is 7.07. The average molecular weight is 278 g/mol. The third-order valence-electron chi connectivity index (χ3n) is 1.02. The normalized spacial score (nSPS) is 16.5. The van der Waals surface area contributed by atoms with Crippen LogP contribution in [0.3, 0.4) is 0 Å². The first kappa shape index (κ1) is 15.1. The van der Waals surface area contributed by atoms with Gasteiger partial charge >= 0.3 is 19.0 Å². The lowest BCUT2D eigenvalue weighted by Crippen LogP contribution is -2.35. The summed E-state index contributed by atoms with van der Waals surface area (Å²) in [4.78, 5) is 16.5. The molecule has 0 saturated carbocycles. The van der Waals surface area contributed by atoms with Crippen LogP contribution in [0.4, 0.5) is 26.3 Å². The fourth-order valence-corrected chi connectivity index (χ4v) is 1.27. The summed E-state index contributed by atoms with van der Waals surface area (Å²) >= 11 is 3.57. The van der Waals surface area contributed by atoms with Gasteiger partial charge in [0.2, 0.25) is 0 Å². The Hall–Kier alpha value is 0.110. The molecule has 0 aliphatic rings. The molecule has 0 rings (SSSR count). The van der Waals surface area contributed by atoms with Gasteiger partial charge in [-0.05, 0) is 11.8 Å². The van der Waals surface area contributed by atoms with Crippen LogP contribution in [0.2, 0.25) is 0 Å². The molecule has 0 radical (unpaired) electrons. The topological polar surface area (TPSA) is 49.7 Å². The number of hydrogen-bond donors (Lipinski definition) is 2. The third-order valence-corrected chi connectivity index (χ3v) is 1.72. The predicted octanol–water partition coefficient (Wildman–Crippen LogP) is 2.10. The highest BCUT2D eigenvalue weighted by molar-refractivity contribution is 8.06. The van der Waals surface area contributed by atoms with Crippen LogP contribution in [0.25, 0.3) is 0 Å². The summed E-state index contributed by atoms with van der Waals surface area (Å²) in [5, 5.41) is 0. The van der Waals surface area contributed by atoms with Gasteiger partial charge in [-0.15, -0.1) is 0 Å². The van der Waals surface area contributed by atoms with Crippen LogP contribution in [0.5, 0.6) is 0 Å². The van der Waals surface area contributed by atoms with E-state index in [4.69, 9.17) is 9.79 Å². The first-order valence-electron chi connectivity index (χ1n) is 3.18. The van der Waals surface area contributed by atoms with Crippen molar-refractivity contribution in [3.8, 4) is 0 Å². The Morgan fingerprint density at radius 1 is 1.20 bits per heavy atom. The van der Waals surface area contributed by atoms with Crippen molar-refractivity contribution in [2.75, 3.05) is 0 Å². The zero-order chi connectivity index (χ0) is 12.5. The van der Waals surface area contributed by atoms with E-state index in [2.05, 4.69) is 16.3 Å². The summed E-state index contributed by atoms with van der Waals surface area (Å²) in [7, 11) is 0. The van der Waals surface area contributed by atoms with Gasteiger partial charge in [0.1, 0.15) is 0 Å². The molecule has 2 N–H and O–H groups in total. The lowest BCUT2D eigenvalue weighted by atomic mass is 10.2. The van der Waals surface area contributed by atoms with Crippen LogP contribution in [-0.4, -0.2) is 28.2 Å². The SMILES string of the molecule is OP(O)(=S)OC(F)(F)C(F)CC(F)(F)F. The lowest BCUT2D eigenvalue weighted by Gasteiger charge is -2.22. The Kier molecular flexibility index (Phi) is 4.57. The van der Waals surface area contributed by atoms with E-state index in [0.29, 0.717) is 0 Å². The second kappa shape index (κ2) is 4.54. The first-order chi connectivity index (χ1) is 6.33. The highest BCUT2D eigenvalue weighted by atomic mass is 32.5. The summed E-state index contributed by atoms with van der Waals surface area (Å²) in [6, 6.07) is 0. The molecule has 0 spiro atoms. The van der Waals surface area contributed by atoms with Gasteiger partial charge in [-0.2, -0.15) is 22.0 Å². The van der Waals surface area contributed by atoms with Gasteiger partial charge in [0, 0.05) is 0 Å². The van der Waals surface area contributed by atoms with Gasteiger partial charge in [0.15, 0.2) is 6.17 Å². The molecule has 0 aromatic rings. The first-order valence-corrected chi connectivity index (χ1v) is 5.81. The fraction of sp³-hybridized carbons (Fsp3) is 1.00. The van der Waals surface area contributed by atoms with E-state index in [9.17, 15) is 26.3 Å². The van der Waals surface area contributed by atoms with Crippen molar-refractivity contribution in [2.45, 2.75) is 24.9 Å². The number of alkyl halides is 6. The quantitative estimate of drug-likeness (QED) is 0.610. The van der Waals surface area contributed by atoms with Crippen molar-refractivity contribution < 1.29 is 40.7 Å². The van der Waals surface area contributed by atoms with E-state index in [-0.39, 0.29) is 0 Å². The van der Waals surface area contributed by atoms with Crippen molar-refractivity contribution in [1.29, 1.82) is 0 Å². The van der Waals surface area contributed by atoms with E-state index in [0.717, 1.165) is 0 Å². The number of halogens is 6. The van der Waals surface area contributed by atoms with Crippen molar-refractivity contribution >= 4 is 18.5 Å². The van der Waals surface area contributed by atoms with E-state index in [1.807, 2.05) is 0 Å². The maximum absolute atomic E-state index is 12.4.